The van der Waals surface area contributed by atoms with Crippen molar-refractivity contribution in [2.45, 2.75) is 44.2 Å². The zero-order valence-electron chi connectivity index (χ0n) is 12.5. The Bertz CT molecular complexity index is 523. The predicted octanol–water partition coefficient (Wildman–Crippen LogP) is -2.29. The van der Waals surface area contributed by atoms with Gasteiger partial charge in [0, 0.05) is 12.1 Å². The summed E-state index contributed by atoms with van der Waals surface area (Å²) in [5, 5.41) is 57.3. The van der Waals surface area contributed by atoms with Gasteiger partial charge in [-0.2, -0.15) is 5.23 Å². The Morgan fingerprint density at radius 1 is 1.22 bits per heavy atom. The van der Waals surface area contributed by atoms with Gasteiger partial charge in [-0.1, -0.05) is 6.07 Å². The van der Waals surface area contributed by atoms with Crippen molar-refractivity contribution in [3.8, 4) is 0 Å². The van der Waals surface area contributed by atoms with E-state index < -0.39 is 42.5 Å². The van der Waals surface area contributed by atoms with E-state index in [9.17, 15) is 20.5 Å². The lowest BCUT2D eigenvalue weighted by Gasteiger charge is -2.39. The molecule has 0 radical (unpaired) electrons. The maximum absolute atomic E-state index is 11.0. The molecule has 1 saturated heterocycles. The van der Waals surface area contributed by atoms with Gasteiger partial charge in [0.15, 0.2) is 12.0 Å². The summed E-state index contributed by atoms with van der Waals surface area (Å²) in [7, 11) is 0. The first-order valence-corrected chi connectivity index (χ1v) is 7.10. The maximum atomic E-state index is 11.0. The Morgan fingerprint density at radius 3 is 2.52 bits per heavy atom. The number of aryl methyl sites for hydroxylation is 1. The van der Waals surface area contributed by atoms with Crippen molar-refractivity contribution in [2.75, 3.05) is 6.61 Å². The number of rotatable bonds is 5. The van der Waals surface area contributed by atoms with Crippen LogP contribution in [0.2, 0.25) is 0 Å². The van der Waals surface area contributed by atoms with E-state index in [2.05, 4.69) is 0 Å². The molecule has 1 fully saturated rings. The smallest absolute Gasteiger partial charge is 0.187 e. The summed E-state index contributed by atoms with van der Waals surface area (Å²) < 4.78 is 10.6. The second-order valence-corrected chi connectivity index (χ2v) is 5.45. The quantitative estimate of drug-likeness (QED) is 0.331. The Labute approximate surface area is 132 Å². The van der Waals surface area contributed by atoms with Crippen molar-refractivity contribution in [2.24, 2.45) is 0 Å². The highest BCUT2D eigenvalue weighted by atomic mass is 16.8. The van der Waals surface area contributed by atoms with Crippen LogP contribution in [0, 0.1) is 12.1 Å². The first-order valence-electron chi connectivity index (χ1n) is 7.10. The third kappa shape index (κ3) is 4.04. The van der Waals surface area contributed by atoms with Crippen LogP contribution in [-0.2, 0) is 16.1 Å². The van der Waals surface area contributed by atoms with Gasteiger partial charge in [-0.15, -0.1) is 0 Å². The first kappa shape index (κ1) is 18.2. The van der Waals surface area contributed by atoms with Crippen molar-refractivity contribution in [1.29, 1.82) is 0 Å². The van der Waals surface area contributed by atoms with Crippen LogP contribution in [0.3, 0.4) is 0 Å². The fourth-order valence-corrected chi connectivity index (χ4v) is 2.34. The summed E-state index contributed by atoms with van der Waals surface area (Å²) in [6, 6.07) is 4.55. The van der Waals surface area contributed by atoms with Crippen LogP contribution in [0.1, 0.15) is 11.1 Å². The molecule has 1 unspecified atom stereocenters. The number of hydrogen-bond donors (Lipinski definition) is 6. The average molecular weight is 331 g/mol. The van der Waals surface area contributed by atoms with Crippen molar-refractivity contribution in [3.63, 3.8) is 0 Å². The van der Waals surface area contributed by atoms with Gasteiger partial charge < -0.3 is 35.1 Å². The van der Waals surface area contributed by atoms with Crippen LogP contribution in [0.5, 0.6) is 0 Å². The van der Waals surface area contributed by atoms with Gasteiger partial charge in [0.2, 0.25) is 0 Å². The summed E-state index contributed by atoms with van der Waals surface area (Å²) in [5.74, 6) is 0. The molecule has 2 rings (SSSR count). The standard InChI is InChI=1S/C14H21NO8/c1-7-2-3-9(15(20)21)4-8(7)6-22-14-13(19)12(18)11(17)10(5-16)23-14/h2-4,10-20H,5-6H2,1H3/t10-,11-,12+,13-,14-/m0/s1. The largest absolute Gasteiger partial charge is 0.595 e. The second-order valence-electron chi connectivity index (χ2n) is 5.45. The molecule has 6 N–H and O–H groups in total. The zero-order chi connectivity index (χ0) is 17.1. The van der Waals surface area contributed by atoms with Crippen LogP contribution in [0.4, 0.5) is 5.69 Å². The third-order valence-corrected chi connectivity index (χ3v) is 3.85. The molecule has 1 heterocycles. The van der Waals surface area contributed by atoms with Gasteiger partial charge >= 0.3 is 0 Å². The molecule has 9 heteroatoms. The Balaban J connectivity index is 2.06. The highest BCUT2D eigenvalue weighted by molar-refractivity contribution is 5.38. The third-order valence-electron chi connectivity index (χ3n) is 3.85. The number of nitrogens with one attached hydrogen (secondary N) is 1. The fraction of sp³-hybridized carbons (Fsp3) is 0.571. The lowest BCUT2D eigenvalue weighted by Crippen LogP contribution is -2.99. The van der Waals surface area contributed by atoms with E-state index in [-0.39, 0.29) is 12.3 Å². The Hall–Kier alpha value is -1.14. The minimum absolute atomic E-state index is 0.0599. The SMILES string of the molecule is Cc1ccc([NH+]([O-])O)cc1CO[C@H]1O[C@@H](CO)[C@H](O)[C@@H](O)[C@@H]1O. The number of quaternary nitrogens is 1. The Kier molecular flexibility index (Phi) is 6.03. The highest BCUT2D eigenvalue weighted by Gasteiger charge is 2.44. The number of aliphatic hydroxyl groups is 4. The predicted molar refractivity (Wildman–Crippen MR) is 75.5 cm³/mol. The minimum Gasteiger partial charge on any atom is -0.595 e. The number of ether oxygens (including phenoxy) is 2. The molecule has 23 heavy (non-hydrogen) atoms. The normalized spacial score (nSPS) is 32.7. The summed E-state index contributed by atoms with van der Waals surface area (Å²) in [6.07, 6.45) is -6.76. The average Bonchev–Trinajstić information content (AvgIpc) is 2.53. The lowest BCUT2D eigenvalue weighted by atomic mass is 9.99. The summed E-state index contributed by atoms with van der Waals surface area (Å²) in [6.45, 7) is 1.17. The van der Waals surface area contributed by atoms with E-state index in [4.69, 9.17) is 19.8 Å². The monoisotopic (exact) mass is 331 g/mol. The molecule has 0 amide bonds. The van der Waals surface area contributed by atoms with Crippen LogP contribution in [0.25, 0.3) is 0 Å². The van der Waals surface area contributed by atoms with Crippen LogP contribution < -0.4 is 5.23 Å². The van der Waals surface area contributed by atoms with Crippen molar-refractivity contribution in [3.05, 3.63) is 34.5 Å². The Morgan fingerprint density at radius 2 is 1.91 bits per heavy atom. The molecule has 1 aliphatic heterocycles. The minimum atomic E-state index is -1.52. The molecule has 0 saturated carbocycles. The van der Waals surface area contributed by atoms with E-state index in [1.54, 1.807) is 13.0 Å². The molecule has 1 aromatic rings. The van der Waals surface area contributed by atoms with Crippen molar-refractivity contribution < 1.29 is 40.3 Å². The summed E-state index contributed by atoms with van der Waals surface area (Å²) in [5.41, 5.74) is 1.48. The van der Waals surface area contributed by atoms with Gasteiger partial charge in [0.05, 0.1) is 13.2 Å². The number of benzene rings is 1. The molecule has 0 aliphatic carbocycles. The van der Waals surface area contributed by atoms with E-state index in [0.717, 1.165) is 5.56 Å². The van der Waals surface area contributed by atoms with Gasteiger partial charge in [0.25, 0.3) is 0 Å². The zero-order valence-corrected chi connectivity index (χ0v) is 12.5. The van der Waals surface area contributed by atoms with E-state index in [0.29, 0.717) is 5.56 Å². The van der Waals surface area contributed by atoms with Crippen molar-refractivity contribution >= 4 is 5.69 Å². The molecule has 0 aromatic heterocycles. The van der Waals surface area contributed by atoms with Crippen LogP contribution >= 0.6 is 0 Å². The summed E-state index contributed by atoms with van der Waals surface area (Å²) >= 11 is 0. The lowest BCUT2D eigenvalue weighted by molar-refractivity contribution is -0.991. The van der Waals surface area contributed by atoms with Crippen molar-refractivity contribution in [1.82, 2.24) is 0 Å². The summed E-state index contributed by atoms with van der Waals surface area (Å²) in [4.78, 5) is 0. The molecule has 1 aromatic carbocycles. The van der Waals surface area contributed by atoms with Gasteiger partial charge in [-0.05, 0) is 18.1 Å². The van der Waals surface area contributed by atoms with E-state index >= 15 is 0 Å². The molecule has 6 atom stereocenters. The second kappa shape index (κ2) is 7.62. The van der Waals surface area contributed by atoms with Crippen LogP contribution in [0.15, 0.2) is 18.2 Å². The van der Waals surface area contributed by atoms with Gasteiger partial charge in [-0.3, -0.25) is 0 Å². The molecule has 9 nitrogen and oxygen atoms in total. The van der Waals surface area contributed by atoms with E-state index in [1.165, 1.54) is 12.1 Å². The molecule has 0 bridgehead atoms. The molecule has 130 valence electrons. The molecular formula is C14H21NO8. The molecule has 1 aliphatic rings. The topological polar surface area (TPSA) is 147 Å². The first-order chi connectivity index (χ1) is 10.8. The highest BCUT2D eigenvalue weighted by Crippen LogP contribution is 2.23. The fourth-order valence-electron chi connectivity index (χ4n) is 2.34. The van der Waals surface area contributed by atoms with E-state index in [1.807, 2.05) is 0 Å². The maximum Gasteiger partial charge on any atom is 0.187 e. The molecular weight excluding hydrogens is 310 g/mol. The molecule has 0 spiro atoms. The van der Waals surface area contributed by atoms with Crippen LogP contribution in [-0.4, -0.2) is 62.9 Å². The van der Waals surface area contributed by atoms with Gasteiger partial charge in [-0.25, -0.2) is 5.21 Å². The van der Waals surface area contributed by atoms with Gasteiger partial charge in [0.1, 0.15) is 24.4 Å². The number of aliphatic hydroxyl groups excluding tert-OH is 4. The number of hydrogen-bond acceptors (Lipinski definition) is 8.